The molecule has 0 heterocycles. The summed E-state index contributed by atoms with van der Waals surface area (Å²) in [6.45, 7) is 1.61. The van der Waals surface area contributed by atoms with E-state index in [2.05, 4.69) is 6.07 Å². The molecule has 0 saturated heterocycles. The predicted octanol–water partition coefficient (Wildman–Crippen LogP) is 3.62. The Kier molecular flexibility index (Phi) is 5.66. The maximum absolute atomic E-state index is 11.4. The van der Waals surface area contributed by atoms with E-state index in [0.717, 1.165) is 11.1 Å². The Balaban J connectivity index is 2.58. The van der Waals surface area contributed by atoms with Crippen LogP contribution >= 0.6 is 0 Å². The third-order valence-electron chi connectivity index (χ3n) is 4.39. The Bertz CT molecular complexity index is 712. The van der Waals surface area contributed by atoms with Crippen LogP contribution in [0, 0.1) is 17.2 Å². The second kappa shape index (κ2) is 7.71. The normalized spacial score (nSPS) is 12.1. The number of carboxylic acid groups (broad SMARTS) is 1. The molecule has 0 bridgehead atoms. The van der Waals surface area contributed by atoms with Crippen LogP contribution in [0.1, 0.15) is 24.5 Å². The van der Waals surface area contributed by atoms with E-state index in [9.17, 15) is 15.2 Å². The first-order chi connectivity index (χ1) is 12.0. The molecule has 5 nitrogen and oxygen atoms in total. The van der Waals surface area contributed by atoms with Gasteiger partial charge in [0.2, 0.25) is 0 Å². The Morgan fingerprint density at radius 3 is 1.72 bits per heavy atom. The number of hydrogen-bond acceptors (Lipinski definition) is 4. The van der Waals surface area contributed by atoms with Gasteiger partial charge in [0.1, 0.15) is 16.9 Å². The molecule has 2 aromatic rings. The standard InChI is InChI=1S/C20H21NO4/c1-14(19(22)23)12-20(13-21,15-4-8-17(24-2)9-5-15)16-6-10-18(25-3)11-7-16/h4-11,14H,12H2,1-3H3,(H,22,23). The number of aliphatic carboxylic acids is 1. The maximum atomic E-state index is 11.4. The molecule has 0 fully saturated rings. The molecule has 0 aliphatic carbocycles. The lowest BCUT2D eigenvalue weighted by atomic mass is 9.70. The highest BCUT2D eigenvalue weighted by Crippen LogP contribution is 2.39. The summed E-state index contributed by atoms with van der Waals surface area (Å²) in [5.41, 5.74) is 0.388. The molecule has 0 spiro atoms. The van der Waals surface area contributed by atoms with E-state index in [4.69, 9.17) is 9.47 Å². The molecule has 25 heavy (non-hydrogen) atoms. The lowest BCUT2D eigenvalue weighted by molar-refractivity contribution is -0.141. The van der Waals surface area contributed by atoms with Gasteiger partial charge in [0.15, 0.2) is 0 Å². The van der Waals surface area contributed by atoms with Crippen LogP contribution in [-0.4, -0.2) is 25.3 Å². The van der Waals surface area contributed by atoms with Gasteiger partial charge in [-0.25, -0.2) is 0 Å². The van der Waals surface area contributed by atoms with Gasteiger partial charge in [0, 0.05) is 0 Å². The molecule has 0 aliphatic heterocycles. The molecule has 2 rings (SSSR count). The Hall–Kier alpha value is -3.00. The maximum Gasteiger partial charge on any atom is 0.306 e. The van der Waals surface area contributed by atoms with Gasteiger partial charge < -0.3 is 14.6 Å². The average molecular weight is 339 g/mol. The number of nitriles is 1. The topological polar surface area (TPSA) is 79.5 Å². The van der Waals surface area contributed by atoms with E-state index >= 15 is 0 Å². The number of ether oxygens (including phenoxy) is 2. The third-order valence-corrected chi connectivity index (χ3v) is 4.39. The van der Waals surface area contributed by atoms with Crippen LogP contribution < -0.4 is 9.47 Å². The number of methoxy groups -OCH3 is 2. The van der Waals surface area contributed by atoms with Crippen molar-refractivity contribution < 1.29 is 19.4 Å². The molecular formula is C20H21NO4. The number of benzene rings is 2. The van der Waals surface area contributed by atoms with Crippen LogP contribution in [0.15, 0.2) is 48.5 Å². The van der Waals surface area contributed by atoms with Crippen molar-refractivity contribution in [1.82, 2.24) is 0 Å². The fourth-order valence-corrected chi connectivity index (χ4v) is 2.87. The molecule has 130 valence electrons. The van der Waals surface area contributed by atoms with Crippen LogP contribution in [0.4, 0.5) is 0 Å². The van der Waals surface area contributed by atoms with Crippen molar-refractivity contribution in [2.45, 2.75) is 18.8 Å². The zero-order valence-electron chi connectivity index (χ0n) is 14.5. The van der Waals surface area contributed by atoms with E-state index in [-0.39, 0.29) is 6.42 Å². The summed E-state index contributed by atoms with van der Waals surface area (Å²) < 4.78 is 10.4. The van der Waals surface area contributed by atoms with Crippen molar-refractivity contribution in [1.29, 1.82) is 5.26 Å². The van der Waals surface area contributed by atoms with Gasteiger partial charge in [0.25, 0.3) is 0 Å². The summed E-state index contributed by atoms with van der Waals surface area (Å²) in [7, 11) is 3.14. The number of carbonyl (C=O) groups is 1. The average Bonchev–Trinajstić information content (AvgIpc) is 2.66. The number of rotatable bonds is 7. The molecule has 1 unspecified atom stereocenters. The highest BCUT2D eigenvalue weighted by Gasteiger charge is 2.38. The zero-order valence-corrected chi connectivity index (χ0v) is 14.5. The van der Waals surface area contributed by atoms with Crippen LogP contribution in [0.25, 0.3) is 0 Å². The summed E-state index contributed by atoms with van der Waals surface area (Å²) >= 11 is 0. The first-order valence-electron chi connectivity index (χ1n) is 7.90. The molecule has 0 radical (unpaired) electrons. The fraction of sp³-hybridized carbons (Fsp3) is 0.300. The van der Waals surface area contributed by atoms with Gasteiger partial charge in [-0.2, -0.15) is 5.26 Å². The second-order valence-corrected chi connectivity index (χ2v) is 5.92. The predicted molar refractivity (Wildman–Crippen MR) is 93.8 cm³/mol. The summed E-state index contributed by atoms with van der Waals surface area (Å²) in [5, 5.41) is 19.4. The molecule has 0 saturated carbocycles. The molecule has 5 heteroatoms. The summed E-state index contributed by atoms with van der Waals surface area (Å²) in [6.07, 6.45) is 0.164. The largest absolute Gasteiger partial charge is 0.497 e. The number of hydrogen-bond donors (Lipinski definition) is 1. The zero-order chi connectivity index (χ0) is 18.4. The first-order valence-corrected chi connectivity index (χ1v) is 7.90. The summed E-state index contributed by atoms with van der Waals surface area (Å²) in [6, 6.07) is 16.7. The molecule has 2 aromatic carbocycles. The number of nitrogens with zero attached hydrogens (tertiary/aromatic N) is 1. The van der Waals surface area contributed by atoms with Gasteiger partial charge >= 0.3 is 5.97 Å². The highest BCUT2D eigenvalue weighted by atomic mass is 16.5. The number of carboxylic acids is 1. The Labute approximate surface area is 147 Å². The van der Waals surface area contributed by atoms with Crippen molar-refractivity contribution in [3.63, 3.8) is 0 Å². The lowest BCUT2D eigenvalue weighted by Crippen LogP contribution is -2.30. The Morgan fingerprint density at radius 2 is 1.44 bits per heavy atom. The van der Waals surface area contributed by atoms with Gasteiger partial charge in [0.05, 0.1) is 26.2 Å². The summed E-state index contributed by atoms with van der Waals surface area (Å²) in [4.78, 5) is 11.4. The van der Waals surface area contributed by atoms with Crippen molar-refractivity contribution in [2.75, 3.05) is 14.2 Å². The van der Waals surface area contributed by atoms with Crippen LogP contribution in [0.3, 0.4) is 0 Å². The van der Waals surface area contributed by atoms with Crippen molar-refractivity contribution in [2.24, 2.45) is 5.92 Å². The van der Waals surface area contributed by atoms with Gasteiger partial charge in [-0.1, -0.05) is 31.2 Å². The van der Waals surface area contributed by atoms with Gasteiger partial charge in [-0.05, 0) is 41.8 Å². The van der Waals surface area contributed by atoms with E-state index in [1.807, 2.05) is 0 Å². The van der Waals surface area contributed by atoms with Crippen LogP contribution in [0.5, 0.6) is 11.5 Å². The summed E-state index contributed by atoms with van der Waals surface area (Å²) in [5.74, 6) is -0.251. The quantitative estimate of drug-likeness (QED) is 0.833. The van der Waals surface area contributed by atoms with Gasteiger partial charge in [-0.15, -0.1) is 0 Å². The molecular weight excluding hydrogens is 318 g/mol. The molecule has 0 aliphatic rings. The van der Waals surface area contributed by atoms with Crippen LogP contribution in [0.2, 0.25) is 0 Å². The smallest absolute Gasteiger partial charge is 0.306 e. The highest BCUT2D eigenvalue weighted by molar-refractivity contribution is 5.70. The minimum absolute atomic E-state index is 0.164. The lowest BCUT2D eigenvalue weighted by Gasteiger charge is -2.30. The van der Waals surface area contributed by atoms with E-state index in [1.165, 1.54) is 0 Å². The van der Waals surface area contributed by atoms with Crippen LogP contribution in [-0.2, 0) is 10.2 Å². The van der Waals surface area contributed by atoms with E-state index in [0.29, 0.717) is 11.5 Å². The molecule has 0 aromatic heterocycles. The first kappa shape index (κ1) is 18.3. The fourth-order valence-electron chi connectivity index (χ4n) is 2.87. The molecule has 0 amide bonds. The minimum Gasteiger partial charge on any atom is -0.497 e. The van der Waals surface area contributed by atoms with Crippen molar-refractivity contribution in [3.8, 4) is 17.6 Å². The molecule has 1 N–H and O–H groups in total. The molecule has 1 atom stereocenters. The Morgan fingerprint density at radius 1 is 1.04 bits per heavy atom. The van der Waals surface area contributed by atoms with Crippen molar-refractivity contribution >= 4 is 5.97 Å². The van der Waals surface area contributed by atoms with E-state index in [1.54, 1.807) is 69.7 Å². The van der Waals surface area contributed by atoms with E-state index < -0.39 is 17.3 Å². The SMILES string of the molecule is COc1ccc(C(C#N)(CC(C)C(=O)O)c2ccc(OC)cc2)cc1. The monoisotopic (exact) mass is 339 g/mol. The van der Waals surface area contributed by atoms with Crippen molar-refractivity contribution in [3.05, 3.63) is 59.7 Å². The third kappa shape index (κ3) is 3.74. The second-order valence-electron chi connectivity index (χ2n) is 5.92. The minimum atomic E-state index is -1.07. The van der Waals surface area contributed by atoms with Gasteiger partial charge in [-0.3, -0.25) is 4.79 Å².